The summed E-state index contributed by atoms with van der Waals surface area (Å²) in [4.78, 5) is 38.6. The lowest BCUT2D eigenvalue weighted by Gasteiger charge is -2.32. The van der Waals surface area contributed by atoms with Crippen LogP contribution in [0.15, 0.2) is 54.6 Å². The number of benzene rings is 2. The molecule has 2 fully saturated rings. The standard InChI is InChI=1S/C35H37FN6O5/c1-3-41-26(9-12-34(41)43)20-42-30-18-24(35(44)45-2)8-10-29(30)39-32(42)21-40-15-13-27(14-16-40)47-33-6-4-5-25(38-33)22-46-31-11-7-23(19-37)17-28(31)36/h4-8,10-11,17-18,26-27H,3,9,12-16,20-22H2,1-2H3. The van der Waals surface area contributed by atoms with E-state index in [9.17, 15) is 14.0 Å². The third-order valence-corrected chi connectivity index (χ3v) is 8.84. The Morgan fingerprint density at radius 2 is 1.91 bits per heavy atom. The molecule has 6 rings (SSSR count). The summed E-state index contributed by atoms with van der Waals surface area (Å²) in [6, 6.07) is 16.9. The fourth-order valence-corrected chi connectivity index (χ4v) is 6.37. The molecule has 47 heavy (non-hydrogen) atoms. The summed E-state index contributed by atoms with van der Waals surface area (Å²) < 4.78 is 33.2. The summed E-state index contributed by atoms with van der Waals surface area (Å²) in [7, 11) is 1.37. The van der Waals surface area contributed by atoms with E-state index < -0.39 is 11.8 Å². The molecule has 4 aromatic rings. The first-order chi connectivity index (χ1) is 22.8. The Balaban J connectivity index is 1.10. The number of carbonyl (C=O) groups is 2. The molecule has 0 radical (unpaired) electrons. The van der Waals surface area contributed by atoms with Crippen molar-refractivity contribution in [2.45, 2.75) is 64.4 Å². The SMILES string of the molecule is CCN1C(=O)CCC1Cn1c(CN2CCC(Oc3cccc(COc4ccc(C#N)cc4F)n3)CC2)nc2ccc(C(=O)OC)cc21. The van der Waals surface area contributed by atoms with Gasteiger partial charge in [-0.1, -0.05) is 6.07 Å². The van der Waals surface area contributed by atoms with Gasteiger partial charge in [0, 0.05) is 38.7 Å². The van der Waals surface area contributed by atoms with Crippen molar-refractivity contribution in [2.24, 2.45) is 0 Å². The number of piperidine rings is 1. The second-order valence-electron chi connectivity index (χ2n) is 11.8. The van der Waals surface area contributed by atoms with Crippen molar-refractivity contribution < 1.29 is 28.2 Å². The number of nitriles is 1. The molecule has 0 spiro atoms. The normalized spacial score (nSPS) is 17.2. The van der Waals surface area contributed by atoms with Crippen LogP contribution in [0.5, 0.6) is 11.6 Å². The molecular weight excluding hydrogens is 603 g/mol. The molecule has 0 bridgehead atoms. The number of halogens is 1. The van der Waals surface area contributed by atoms with Crippen LogP contribution >= 0.6 is 0 Å². The lowest BCUT2D eigenvalue weighted by molar-refractivity contribution is -0.128. The van der Waals surface area contributed by atoms with Gasteiger partial charge >= 0.3 is 5.97 Å². The van der Waals surface area contributed by atoms with E-state index in [2.05, 4.69) is 14.5 Å². The predicted octanol–water partition coefficient (Wildman–Crippen LogP) is 4.86. The van der Waals surface area contributed by atoms with Crippen molar-refractivity contribution in [1.29, 1.82) is 5.26 Å². The minimum Gasteiger partial charge on any atom is -0.484 e. The van der Waals surface area contributed by atoms with Crippen molar-refractivity contribution in [1.82, 2.24) is 24.3 Å². The van der Waals surface area contributed by atoms with Gasteiger partial charge in [-0.15, -0.1) is 0 Å². The zero-order chi connectivity index (χ0) is 32.9. The summed E-state index contributed by atoms with van der Waals surface area (Å²) in [6.07, 6.45) is 2.91. The average molecular weight is 641 g/mol. The van der Waals surface area contributed by atoms with E-state index in [0.717, 1.165) is 55.3 Å². The molecule has 0 aliphatic carbocycles. The topological polar surface area (TPSA) is 123 Å². The van der Waals surface area contributed by atoms with Crippen LogP contribution in [-0.4, -0.2) is 75.1 Å². The van der Waals surface area contributed by atoms with Gasteiger partial charge in [0.05, 0.1) is 53.6 Å². The van der Waals surface area contributed by atoms with E-state index in [1.54, 1.807) is 18.2 Å². The molecular formula is C35H37FN6O5. The van der Waals surface area contributed by atoms with Gasteiger partial charge in [0.25, 0.3) is 0 Å². The molecule has 2 aliphatic heterocycles. The van der Waals surface area contributed by atoms with E-state index >= 15 is 0 Å². The molecule has 12 heteroatoms. The number of esters is 1. The number of fused-ring (bicyclic) bond motifs is 1. The van der Waals surface area contributed by atoms with Crippen LogP contribution in [0, 0.1) is 17.1 Å². The van der Waals surface area contributed by atoms with E-state index in [1.807, 2.05) is 36.1 Å². The van der Waals surface area contributed by atoms with Gasteiger partial charge in [-0.25, -0.2) is 19.2 Å². The first kappa shape index (κ1) is 31.9. The lowest BCUT2D eigenvalue weighted by atomic mass is 10.1. The van der Waals surface area contributed by atoms with Crippen LogP contribution in [0.2, 0.25) is 0 Å². The molecule has 4 heterocycles. The Labute approximate surface area is 272 Å². The summed E-state index contributed by atoms with van der Waals surface area (Å²) in [6.45, 7) is 5.55. The molecule has 0 saturated carbocycles. The van der Waals surface area contributed by atoms with Crippen molar-refractivity contribution in [2.75, 3.05) is 26.7 Å². The third kappa shape index (κ3) is 7.20. The quantitative estimate of drug-likeness (QED) is 0.212. The van der Waals surface area contributed by atoms with E-state index in [-0.39, 0.29) is 36.0 Å². The van der Waals surface area contributed by atoms with E-state index in [1.165, 1.54) is 19.2 Å². The van der Waals surface area contributed by atoms with Crippen molar-refractivity contribution >= 4 is 22.9 Å². The Morgan fingerprint density at radius 1 is 1.09 bits per heavy atom. The van der Waals surface area contributed by atoms with Crippen molar-refractivity contribution in [3.8, 4) is 17.7 Å². The number of hydrogen-bond acceptors (Lipinski definition) is 9. The van der Waals surface area contributed by atoms with Crippen molar-refractivity contribution in [3.05, 3.63) is 83.1 Å². The van der Waals surface area contributed by atoms with E-state index in [0.29, 0.717) is 43.2 Å². The number of amides is 1. The Morgan fingerprint density at radius 3 is 2.66 bits per heavy atom. The fraction of sp³-hybridized carbons (Fsp3) is 0.400. The molecule has 11 nitrogen and oxygen atoms in total. The smallest absolute Gasteiger partial charge is 0.337 e. The lowest BCUT2D eigenvalue weighted by Crippen LogP contribution is -2.39. The number of carbonyl (C=O) groups excluding carboxylic acids is 2. The maximum atomic E-state index is 14.2. The number of hydrogen-bond donors (Lipinski definition) is 0. The number of imidazole rings is 1. The number of likely N-dealkylation sites (tertiary alicyclic amines) is 2. The number of nitrogens with zero attached hydrogens (tertiary/aromatic N) is 6. The number of pyridine rings is 1. The molecule has 1 atom stereocenters. The summed E-state index contributed by atoms with van der Waals surface area (Å²) >= 11 is 0. The molecule has 2 saturated heterocycles. The Hall–Kier alpha value is -5.02. The average Bonchev–Trinajstić information content (AvgIpc) is 3.62. The molecule has 1 amide bonds. The minimum absolute atomic E-state index is 0.0186. The number of rotatable bonds is 11. The molecule has 1 unspecified atom stereocenters. The summed E-state index contributed by atoms with van der Waals surface area (Å²) in [5, 5.41) is 8.93. The maximum absolute atomic E-state index is 14.2. The second-order valence-corrected chi connectivity index (χ2v) is 11.8. The van der Waals surface area contributed by atoms with Gasteiger partial charge in [-0.2, -0.15) is 5.26 Å². The van der Waals surface area contributed by atoms with Crippen LogP contribution < -0.4 is 9.47 Å². The highest BCUT2D eigenvalue weighted by Crippen LogP contribution is 2.27. The molecule has 2 aromatic heterocycles. The molecule has 2 aromatic carbocycles. The predicted molar refractivity (Wildman–Crippen MR) is 170 cm³/mol. The first-order valence-corrected chi connectivity index (χ1v) is 15.9. The Bertz CT molecular complexity index is 1810. The first-order valence-electron chi connectivity index (χ1n) is 15.9. The second kappa shape index (κ2) is 14.2. The maximum Gasteiger partial charge on any atom is 0.337 e. The summed E-state index contributed by atoms with van der Waals surface area (Å²) in [5.74, 6) is 0.614. The van der Waals surface area contributed by atoms with Crippen LogP contribution in [0.1, 0.15) is 60.0 Å². The summed E-state index contributed by atoms with van der Waals surface area (Å²) in [5.41, 5.74) is 2.95. The van der Waals surface area contributed by atoms with Gasteiger partial charge in [0.15, 0.2) is 11.6 Å². The minimum atomic E-state index is -0.596. The van der Waals surface area contributed by atoms with Crippen LogP contribution in [0.3, 0.4) is 0 Å². The Kier molecular flexibility index (Phi) is 9.63. The van der Waals surface area contributed by atoms with Gasteiger partial charge in [-0.3, -0.25) is 9.69 Å². The van der Waals surface area contributed by atoms with Gasteiger partial charge in [-0.05, 0) is 68.7 Å². The largest absolute Gasteiger partial charge is 0.484 e. The highest BCUT2D eigenvalue weighted by Gasteiger charge is 2.31. The van der Waals surface area contributed by atoms with Crippen molar-refractivity contribution in [3.63, 3.8) is 0 Å². The fourth-order valence-electron chi connectivity index (χ4n) is 6.37. The molecule has 2 aliphatic rings. The zero-order valence-corrected chi connectivity index (χ0v) is 26.5. The molecule has 0 N–H and O–H groups in total. The molecule has 244 valence electrons. The number of aromatic nitrogens is 3. The number of ether oxygens (including phenoxy) is 3. The van der Waals surface area contributed by atoms with E-state index in [4.69, 9.17) is 24.5 Å². The highest BCUT2D eigenvalue weighted by molar-refractivity contribution is 5.93. The van der Waals surface area contributed by atoms with Crippen LogP contribution in [-0.2, 0) is 29.2 Å². The van der Waals surface area contributed by atoms with Gasteiger partial charge in [0.1, 0.15) is 18.5 Å². The third-order valence-electron chi connectivity index (χ3n) is 8.84. The van der Waals surface area contributed by atoms with Crippen LogP contribution in [0.25, 0.3) is 11.0 Å². The number of likely N-dealkylation sites (N-methyl/N-ethyl adjacent to an activating group) is 1. The zero-order valence-electron chi connectivity index (χ0n) is 26.5. The van der Waals surface area contributed by atoms with Gasteiger partial charge < -0.3 is 23.7 Å². The van der Waals surface area contributed by atoms with Gasteiger partial charge in [0.2, 0.25) is 11.8 Å². The monoisotopic (exact) mass is 640 g/mol. The highest BCUT2D eigenvalue weighted by atomic mass is 19.1. The van der Waals surface area contributed by atoms with Crippen LogP contribution in [0.4, 0.5) is 4.39 Å². The number of methoxy groups -OCH3 is 1.